The zero-order valence-electron chi connectivity index (χ0n) is 18.1. The van der Waals surface area contributed by atoms with Crippen molar-refractivity contribution in [3.8, 4) is 0 Å². The molecule has 34 heavy (non-hydrogen) atoms. The minimum absolute atomic E-state index is 0.0379. The summed E-state index contributed by atoms with van der Waals surface area (Å²) in [6, 6.07) is 14.1. The first-order chi connectivity index (χ1) is 16.2. The summed E-state index contributed by atoms with van der Waals surface area (Å²) >= 11 is 11.9. The van der Waals surface area contributed by atoms with E-state index in [4.69, 9.17) is 27.9 Å². The number of ether oxygens (including phenoxy) is 1. The van der Waals surface area contributed by atoms with Crippen LogP contribution < -0.4 is 10.2 Å². The van der Waals surface area contributed by atoms with Crippen molar-refractivity contribution in [3.05, 3.63) is 92.5 Å². The summed E-state index contributed by atoms with van der Waals surface area (Å²) in [6.45, 7) is 3.15. The zero-order valence-corrected chi connectivity index (χ0v) is 19.7. The van der Waals surface area contributed by atoms with Gasteiger partial charge in [0, 0.05) is 5.02 Å². The molecular weight excluding hydrogens is 479 g/mol. The first-order valence-corrected chi connectivity index (χ1v) is 10.9. The molecule has 3 amide bonds. The number of amides is 3. The Labute approximate surface area is 205 Å². The highest BCUT2D eigenvalue weighted by molar-refractivity contribution is 6.36. The summed E-state index contributed by atoms with van der Waals surface area (Å²) in [7, 11) is 0. The van der Waals surface area contributed by atoms with Gasteiger partial charge in [-0.05, 0) is 61.9 Å². The molecule has 0 fully saturated rings. The van der Waals surface area contributed by atoms with E-state index < -0.39 is 30.3 Å². The lowest BCUT2D eigenvalue weighted by Gasteiger charge is -2.16. The zero-order chi connectivity index (χ0) is 24.6. The van der Waals surface area contributed by atoms with Crippen LogP contribution in [-0.4, -0.2) is 30.3 Å². The van der Waals surface area contributed by atoms with Crippen LogP contribution in [0.3, 0.4) is 0 Å². The van der Waals surface area contributed by atoms with Crippen molar-refractivity contribution in [1.29, 1.82) is 0 Å². The maximum absolute atomic E-state index is 13.0. The molecule has 0 spiro atoms. The average molecular weight is 497 g/mol. The van der Waals surface area contributed by atoms with Gasteiger partial charge in [-0.3, -0.25) is 14.4 Å². The fraction of sp³-hybridized carbons (Fsp3) is 0.120. The summed E-state index contributed by atoms with van der Waals surface area (Å²) in [5.41, 5.74) is 2.87. The van der Waals surface area contributed by atoms with Crippen LogP contribution in [0.15, 0.2) is 54.6 Å². The van der Waals surface area contributed by atoms with Crippen LogP contribution in [-0.2, 0) is 9.53 Å². The number of nitrogens with zero attached hydrogens (tertiary/aromatic N) is 1. The minimum Gasteiger partial charge on any atom is -0.452 e. The van der Waals surface area contributed by atoms with Gasteiger partial charge in [0.15, 0.2) is 6.61 Å². The molecule has 0 bridgehead atoms. The van der Waals surface area contributed by atoms with Crippen LogP contribution in [0, 0.1) is 13.8 Å². The lowest BCUT2D eigenvalue weighted by molar-refractivity contribution is -0.119. The van der Waals surface area contributed by atoms with E-state index in [0.717, 1.165) is 16.0 Å². The summed E-state index contributed by atoms with van der Waals surface area (Å²) in [6.07, 6.45) is 0. The Morgan fingerprint density at radius 3 is 2.38 bits per heavy atom. The van der Waals surface area contributed by atoms with Crippen LogP contribution in [0.25, 0.3) is 0 Å². The third kappa shape index (κ3) is 4.53. The standard InChI is InChI=1S/C25H18Cl2N2O5/c1-13-3-8-21(14(2)9-13)29-23(31)17-6-4-15(10-18(17)24(29)32)25(33)34-12-22(30)28-20-11-16(26)5-7-19(20)27/h3-11H,12H2,1-2H3,(H,28,30). The van der Waals surface area contributed by atoms with Gasteiger partial charge in [-0.25, -0.2) is 9.69 Å². The third-order valence-electron chi connectivity index (χ3n) is 5.25. The lowest BCUT2D eigenvalue weighted by Crippen LogP contribution is -2.30. The Morgan fingerprint density at radius 2 is 1.65 bits per heavy atom. The van der Waals surface area contributed by atoms with E-state index in [2.05, 4.69) is 5.32 Å². The highest BCUT2D eigenvalue weighted by Crippen LogP contribution is 2.32. The molecule has 172 valence electrons. The van der Waals surface area contributed by atoms with E-state index in [-0.39, 0.29) is 27.4 Å². The van der Waals surface area contributed by atoms with Crippen molar-refractivity contribution in [2.75, 3.05) is 16.8 Å². The second-order valence-corrected chi connectivity index (χ2v) is 8.59. The maximum atomic E-state index is 13.0. The summed E-state index contributed by atoms with van der Waals surface area (Å²) < 4.78 is 5.06. The van der Waals surface area contributed by atoms with Crippen molar-refractivity contribution >= 4 is 58.3 Å². The van der Waals surface area contributed by atoms with Gasteiger partial charge in [0.1, 0.15) is 0 Å². The quantitative estimate of drug-likeness (QED) is 0.386. The number of carbonyl (C=O) groups is 4. The molecule has 0 saturated carbocycles. The Morgan fingerprint density at radius 1 is 0.912 bits per heavy atom. The number of benzene rings is 3. The molecule has 0 aliphatic carbocycles. The van der Waals surface area contributed by atoms with Gasteiger partial charge in [-0.15, -0.1) is 0 Å². The SMILES string of the molecule is Cc1ccc(N2C(=O)c3ccc(C(=O)OCC(=O)Nc4cc(Cl)ccc4Cl)cc3C2=O)c(C)c1. The van der Waals surface area contributed by atoms with Gasteiger partial charge in [-0.2, -0.15) is 0 Å². The molecule has 9 heteroatoms. The lowest BCUT2D eigenvalue weighted by atomic mass is 10.1. The Kier molecular flexibility index (Phi) is 6.41. The van der Waals surface area contributed by atoms with Gasteiger partial charge in [0.2, 0.25) is 0 Å². The van der Waals surface area contributed by atoms with Crippen molar-refractivity contribution in [1.82, 2.24) is 0 Å². The molecule has 0 unspecified atom stereocenters. The first kappa shape index (κ1) is 23.5. The highest BCUT2D eigenvalue weighted by Gasteiger charge is 2.38. The number of halogens is 2. The van der Waals surface area contributed by atoms with Crippen LogP contribution in [0.1, 0.15) is 42.2 Å². The highest BCUT2D eigenvalue weighted by atomic mass is 35.5. The topological polar surface area (TPSA) is 92.8 Å². The molecule has 0 radical (unpaired) electrons. The molecule has 1 heterocycles. The van der Waals surface area contributed by atoms with Crippen molar-refractivity contribution in [3.63, 3.8) is 0 Å². The predicted molar refractivity (Wildman–Crippen MR) is 129 cm³/mol. The van der Waals surface area contributed by atoms with Crippen LogP contribution >= 0.6 is 23.2 Å². The smallest absolute Gasteiger partial charge is 0.338 e. The summed E-state index contributed by atoms with van der Waals surface area (Å²) in [5.74, 6) is -2.44. The van der Waals surface area contributed by atoms with E-state index in [1.165, 1.54) is 30.3 Å². The van der Waals surface area contributed by atoms with Gasteiger partial charge in [0.05, 0.1) is 33.1 Å². The van der Waals surface area contributed by atoms with E-state index in [0.29, 0.717) is 10.7 Å². The normalized spacial score (nSPS) is 12.5. The van der Waals surface area contributed by atoms with E-state index in [1.807, 2.05) is 26.0 Å². The fourth-order valence-electron chi connectivity index (χ4n) is 3.64. The molecule has 1 aliphatic heterocycles. The number of imide groups is 1. The van der Waals surface area contributed by atoms with Gasteiger partial charge in [0.25, 0.3) is 17.7 Å². The minimum atomic E-state index is -0.819. The molecular formula is C25H18Cl2N2O5. The van der Waals surface area contributed by atoms with Crippen molar-refractivity contribution in [2.24, 2.45) is 0 Å². The number of hydrogen-bond acceptors (Lipinski definition) is 5. The van der Waals surface area contributed by atoms with Crippen molar-refractivity contribution in [2.45, 2.75) is 13.8 Å². The van der Waals surface area contributed by atoms with E-state index in [1.54, 1.807) is 12.1 Å². The number of fused-ring (bicyclic) bond motifs is 1. The number of anilines is 2. The van der Waals surface area contributed by atoms with E-state index >= 15 is 0 Å². The number of esters is 1. The predicted octanol–water partition coefficient (Wildman–Crippen LogP) is 5.21. The van der Waals surface area contributed by atoms with Gasteiger partial charge < -0.3 is 10.1 Å². The average Bonchev–Trinajstić information content (AvgIpc) is 3.04. The van der Waals surface area contributed by atoms with Gasteiger partial charge >= 0.3 is 5.97 Å². The molecule has 1 aliphatic rings. The maximum Gasteiger partial charge on any atom is 0.338 e. The number of hydrogen-bond donors (Lipinski definition) is 1. The number of nitrogens with one attached hydrogen (secondary N) is 1. The first-order valence-electron chi connectivity index (χ1n) is 10.2. The Bertz CT molecular complexity index is 1370. The van der Waals surface area contributed by atoms with Crippen molar-refractivity contribution < 1.29 is 23.9 Å². The third-order valence-corrected chi connectivity index (χ3v) is 5.82. The Hall–Kier alpha value is -3.68. The molecule has 4 rings (SSSR count). The molecule has 0 atom stereocenters. The summed E-state index contributed by atoms with van der Waals surface area (Å²) in [5, 5.41) is 3.16. The number of carbonyl (C=O) groups excluding carboxylic acids is 4. The number of rotatable bonds is 5. The molecule has 7 nitrogen and oxygen atoms in total. The van der Waals surface area contributed by atoms with Gasteiger partial charge in [-0.1, -0.05) is 40.9 Å². The molecule has 0 aromatic heterocycles. The fourth-order valence-corrected chi connectivity index (χ4v) is 3.97. The number of aryl methyl sites for hydroxylation is 2. The van der Waals surface area contributed by atoms with E-state index in [9.17, 15) is 19.2 Å². The van der Waals surface area contributed by atoms with Crippen LogP contribution in [0.5, 0.6) is 0 Å². The molecule has 3 aromatic rings. The second-order valence-electron chi connectivity index (χ2n) is 7.74. The second kappa shape index (κ2) is 9.29. The Balaban J connectivity index is 1.47. The largest absolute Gasteiger partial charge is 0.452 e. The monoisotopic (exact) mass is 496 g/mol. The molecule has 3 aromatic carbocycles. The van der Waals surface area contributed by atoms with Crippen LogP contribution in [0.4, 0.5) is 11.4 Å². The molecule has 1 N–H and O–H groups in total. The molecule has 0 saturated heterocycles. The summed E-state index contributed by atoms with van der Waals surface area (Å²) in [4.78, 5) is 51.6. The van der Waals surface area contributed by atoms with Crippen LogP contribution in [0.2, 0.25) is 10.0 Å².